The maximum Gasteiger partial charge on any atom is 0.394 e. The number of alkyl halides is 8. The lowest BCUT2D eigenvalue weighted by atomic mass is 9.72. The lowest BCUT2D eigenvalue weighted by molar-refractivity contribution is -0.144. The third-order valence-electron chi connectivity index (χ3n) is 8.30. The van der Waals surface area contributed by atoms with Gasteiger partial charge in [0.1, 0.15) is 0 Å². The Balaban J connectivity index is 1.55. The molecule has 2 fully saturated rings. The van der Waals surface area contributed by atoms with E-state index >= 15 is 0 Å². The largest absolute Gasteiger partial charge is 0.394 e. The second-order valence-corrected chi connectivity index (χ2v) is 11.8. The lowest BCUT2D eigenvalue weighted by Gasteiger charge is -2.34. The smallest absolute Gasteiger partial charge is 0.366 e. The van der Waals surface area contributed by atoms with E-state index < -0.39 is 85.8 Å². The molecule has 5 rings (SSSR count). The van der Waals surface area contributed by atoms with Gasteiger partial charge in [-0.1, -0.05) is 0 Å². The Morgan fingerprint density at radius 1 is 0.978 bits per heavy atom. The molecule has 8 nitrogen and oxygen atoms in total. The van der Waals surface area contributed by atoms with Crippen LogP contribution in [0.3, 0.4) is 0 Å². The first kappa shape index (κ1) is 32.5. The van der Waals surface area contributed by atoms with Crippen LogP contribution in [0.2, 0.25) is 0 Å². The molecule has 0 saturated heterocycles. The van der Waals surface area contributed by atoms with Crippen molar-refractivity contribution in [3.63, 3.8) is 0 Å². The van der Waals surface area contributed by atoms with Crippen LogP contribution in [0.4, 0.5) is 35.1 Å². The van der Waals surface area contributed by atoms with Crippen LogP contribution in [-0.2, 0) is 11.2 Å². The fourth-order valence-electron chi connectivity index (χ4n) is 6.02. The zero-order valence-electron chi connectivity index (χ0n) is 23.8. The fourth-order valence-corrected chi connectivity index (χ4v) is 6.02. The second kappa shape index (κ2) is 12.2. The van der Waals surface area contributed by atoms with Gasteiger partial charge in [0.15, 0.2) is 0 Å². The highest BCUT2D eigenvalue weighted by molar-refractivity contribution is 5.95. The predicted octanol–water partition coefficient (Wildman–Crippen LogP) is 6.20. The first-order valence-electron chi connectivity index (χ1n) is 14.4. The molecule has 2 aliphatic carbocycles. The van der Waals surface area contributed by atoms with Gasteiger partial charge in [0.05, 0.1) is 36.0 Å². The van der Waals surface area contributed by atoms with E-state index in [9.17, 15) is 44.7 Å². The van der Waals surface area contributed by atoms with Crippen LogP contribution in [0.5, 0.6) is 0 Å². The number of amides is 2. The van der Waals surface area contributed by atoms with E-state index in [1.807, 2.05) is 0 Å². The number of aromatic nitrogens is 4. The van der Waals surface area contributed by atoms with Crippen LogP contribution in [0, 0.1) is 11.8 Å². The van der Waals surface area contributed by atoms with Crippen LogP contribution in [0.1, 0.15) is 96.3 Å². The molecule has 2 saturated carbocycles. The van der Waals surface area contributed by atoms with Gasteiger partial charge in [0, 0.05) is 49.3 Å². The van der Waals surface area contributed by atoms with Gasteiger partial charge in [-0.3, -0.25) is 19.0 Å². The number of nitrogens with one attached hydrogen (secondary N) is 1. The van der Waals surface area contributed by atoms with Crippen LogP contribution in [-0.4, -0.2) is 49.4 Å². The van der Waals surface area contributed by atoms with Gasteiger partial charge in [0.25, 0.3) is 0 Å². The number of nitrogens with two attached hydrogens (primary N) is 1. The van der Waals surface area contributed by atoms with E-state index in [0.29, 0.717) is 18.5 Å². The van der Waals surface area contributed by atoms with E-state index in [0.717, 1.165) is 6.20 Å². The SMILES string of the molecule is NC(=O)c1ccnc(CC(F)(F)F)c1[C@@H](c1cn2ccc([C@H](NC(=O)CCC(F)(F)F)C3CC3)nc2n1)C1CCC(F)(F)CC1. The summed E-state index contributed by atoms with van der Waals surface area (Å²) in [6.07, 6.45) is -8.42. The van der Waals surface area contributed by atoms with Gasteiger partial charge in [-0.15, -0.1) is 0 Å². The zero-order chi connectivity index (χ0) is 32.7. The van der Waals surface area contributed by atoms with Crippen molar-refractivity contribution in [3.8, 4) is 0 Å². The number of carbonyl (C=O) groups is 2. The number of primary amides is 1. The molecule has 0 bridgehead atoms. The zero-order valence-corrected chi connectivity index (χ0v) is 23.8. The predicted molar refractivity (Wildman–Crippen MR) is 143 cm³/mol. The van der Waals surface area contributed by atoms with Gasteiger partial charge in [-0.25, -0.2) is 18.7 Å². The summed E-state index contributed by atoms with van der Waals surface area (Å²) in [5, 5.41) is 2.62. The van der Waals surface area contributed by atoms with Gasteiger partial charge < -0.3 is 11.1 Å². The molecular formula is C29H30F8N6O2. The molecule has 0 radical (unpaired) electrons. The maximum absolute atomic E-state index is 14.2. The molecule has 3 aromatic rings. The molecule has 2 amide bonds. The van der Waals surface area contributed by atoms with Gasteiger partial charge in [-0.2, -0.15) is 26.3 Å². The molecular weight excluding hydrogens is 616 g/mol. The Labute approximate surface area is 251 Å². The van der Waals surface area contributed by atoms with Crippen molar-refractivity contribution < 1.29 is 44.7 Å². The highest BCUT2D eigenvalue weighted by atomic mass is 19.4. The molecule has 45 heavy (non-hydrogen) atoms. The van der Waals surface area contributed by atoms with Crippen LogP contribution >= 0.6 is 0 Å². The van der Waals surface area contributed by atoms with Crippen LogP contribution in [0.25, 0.3) is 5.78 Å². The fraction of sp³-hybridized carbons (Fsp3) is 0.552. The third-order valence-corrected chi connectivity index (χ3v) is 8.30. The first-order chi connectivity index (χ1) is 21.0. The highest BCUT2D eigenvalue weighted by Crippen LogP contribution is 2.47. The van der Waals surface area contributed by atoms with E-state index in [2.05, 4.69) is 20.3 Å². The summed E-state index contributed by atoms with van der Waals surface area (Å²) in [5.41, 5.74) is 5.24. The van der Waals surface area contributed by atoms with Crippen molar-refractivity contribution >= 4 is 17.6 Å². The molecule has 2 aliphatic rings. The van der Waals surface area contributed by atoms with Crippen molar-refractivity contribution in [1.82, 2.24) is 24.7 Å². The van der Waals surface area contributed by atoms with Crippen molar-refractivity contribution in [3.05, 3.63) is 58.9 Å². The molecule has 0 spiro atoms. The van der Waals surface area contributed by atoms with Crippen molar-refractivity contribution in [2.45, 2.75) is 88.0 Å². The average Bonchev–Trinajstić information content (AvgIpc) is 3.69. The number of carbonyl (C=O) groups excluding carboxylic acids is 2. The molecule has 0 aliphatic heterocycles. The summed E-state index contributed by atoms with van der Waals surface area (Å²) in [5.74, 6) is -6.47. The molecule has 3 N–H and O–H groups in total. The molecule has 244 valence electrons. The number of hydrogen-bond acceptors (Lipinski definition) is 5. The Kier molecular flexibility index (Phi) is 8.79. The Hall–Kier alpha value is -3.85. The van der Waals surface area contributed by atoms with Crippen LogP contribution in [0.15, 0.2) is 30.7 Å². The number of nitrogens with zero attached hydrogens (tertiary/aromatic N) is 4. The minimum Gasteiger partial charge on any atom is -0.366 e. The minimum absolute atomic E-state index is 0.0562. The molecule has 16 heteroatoms. The number of imidazole rings is 1. The number of hydrogen-bond donors (Lipinski definition) is 2. The van der Waals surface area contributed by atoms with E-state index in [-0.39, 0.29) is 41.4 Å². The Morgan fingerprint density at radius 2 is 1.64 bits per heavy atom. The molecule has 0 aromatic carbocycles. The highest BCUT2D eigenvalue weighted by Gasteiger charge is 2.42. The number of halogens is 8. The van der Waals surface area contributed by atoms with Crippen molar-refractivity contribution in [2.75, 3.05) is 0 Å². The normalized spacial score (nSPS) is 18.9. The number of rotatable bonds is 10. The number of fused-ring (bicyclic) bond motifs is 1. The Bertz CT molecular complexity index is 1560. The second-order valence-electron chi connectivity index (χ2n) is 11.8. The molecule has 3 heterocycles. The Morgan fingerprint density at radius 3 is 2.24 bits per heavy atom. The monoisotopic (exact) mass is 646 g/mol. The van der Waals surface area contributed by atoms with Gasteiger partial charge >= 0.3 is 12.4 Å². The van der Waals surface area contributed by atoms with Gasteiger partial charge in [0.2, 0.25) is 23.5 Å². The maximum atomic E-state index is 14.2. The van der Waals surface area contributed by atoms with Gasteiger partial charge in [-0.05, 0) is 55.2 Å². The van der Waals surface area contributed by atoms with E-state index in [1.165, 1.54) is 22.9 Å². The molecule has 0 unspecified atom stereocenters. The minimum atomic E-state index is -4.71. The standard InChI is InChI=1S/C29H30F8N6O2/c30-27(31)8-3-15(4-9-27)22(23-17(25(38)45)6-11-39-19(23)13-29(35,36)37)20-14-43-12-7-18(40-26(43)41-20)24(16-1-2-16)42-21(44)5-10-28(32,33)34/h6-7,11-12,14-16,22,24H,1-5,8-10,13H2,(H2,38,45)(H,42,44)/t22-,24-/m1/s1. The third kappa shape index (κ3) is 8.06. The average molecular weight is 647 g/mol. The lowest BCUT2D eigenvalue weighted by Crippen LogP contribution is -2.31. The van der Waals surface area contributed by atoms with E-state index in [1.54, 1.807) is 6.07 Å². The summed E-state index contributed by atoms with van der Waals surface area (Å²) in [6, 6.07) is 2.05. The van der Waals surface area contributed by atoms with E-state index in [4.69, 9.17) is 5.73 Å². The van der Waals surface area contributed by atoms with Crippen molar-refractivity contribution in [2.24, 2.45) is 17.6 Å². The molecule has 2 atom stereocenters. The summed E-state index contributed by atoms with van der Waals surface area (Å²) in [4.78, 5) is 37.8. The quantitative estimate of drug-likeness (QED) is 0.255. The topological polar surface area (TPSA) is 115 Å². The number of pyridine rings is 1. The molecule has 3 aromatic heterocycles. The summed E-state index contributed by atoms with van der Waals surface area (Å²) < 4.78 is 109. The van der Waals surface area contributed by atoms with Crippen LogP contribution < -0.4 is 11.1 Å². The summed E-state index contributed by atoms with van der Waals surface area (Å²) >= 11 is 0. The van der Waals surface area contributed by atoms with Crippen molar-refractivity contribution in [1.29, 1.82) is 0 Å². The summed E-state index contributed by atoms with van der Waals surface area (Å²) in [7, 11) is 0. The first-order valence-corrected chi connectivity index (χ1v) is 14.4. The summed E-state index contributed by atoms with van der Waals surface area (Å²) in [6.45, 7) is 0.